The van der Waals surface area contributed by atoms with E-state index in [1.807, 2.05) is 25.9 Å². The van der Waals surface area contributed by atoms with Crippen LogP contribution in [0.1, 0.15) is 12.5 Å². The Labute approximate surface area is 150 Å². The largest absolute Gasteiger partial charge is 0.378 e. The number of hydrogen-bond donors (Lipinski definition) is 2. The van der Waals surface area contributed by atoms with Gasteiger partial charge in [-0.2, -0.15) is 11.8 Å². The van der Waals surface area contributed by atoms with Crippen LogP contribution < -0.4 is 15.5 Å². The summed E-state index contributed by atoms with van der Waals surface area (Å²) in [6, 6.07) is 8.51. The maximum atomic E-state index is 4.60. The zero-order valence-corrected chi connectivity index (χ0v) is 16.5. The number of aliphatic imine (C=N–C) groups is 1. The van der Waals surface area contributed by atoms with E-state index in [1.54, 1.807) is 0 Å². The van der Waals surface area contributed by atoms with Gasteiger partial charge in [-0.1, -0.05) is 12.1 Å². The Morgan fingerprint density at radius 2 is 1.86 bits per heavy atom. The summed E-state index contributed by atoms with van der Waals surface area (Å²) >= 11 is 1.83. The van der Waals surface area contributed by atoms with Crippen LogP contribution in [-0.2, 0) is 6.54 Å². The number of halogens is 1. The summed E-state index contributed by atoms with van der Waals surface area (Å²) in [4.78, 5) is 6.70. The minimum Gasteiger partial charge on any atom is -0.378 e. The second-order valence-electron chi connectivity index (χ2n) is 4.68. The van der Waals surface area contributed by atoms with E-state index in [9.17, 15) is 0 Å². The van der Waals surface area contributed by atoms with E-state index in [0.29, 0.717) is 6.54 Å². The molecule has 2 N–H and O–H groups in total. The summed E-state index contributed by atoms with van der Waals surface area (Å²) < 4.78 is 0. The average Bonchev–Trinajstić information content (AvgIpc) is 2.45. The molecule has 0 spiro atoms. The molecule has 1 rings (SSSR count). The molecule has 0 aliphatic rings. The molecule has 0 saturated heterocycles. The lowest BCUT2D eigenvalue weighted by Gasteiger charge is -2.13. The van der Waals surface area contributed by atoms with Crippen molar-refractivity contribution in [2.75, 3.05) is 44.1 Å². The molecule has 0 saturated carbocycles. The average molecular weight is 422 g/mol. The number of rotatable bonds is 7. The summed E-state index contributed by atoms with van der Waals surface area (Å²) in [6.07, 6.45) is 2.11. The first-order chi connectivity index (χ1) is 9.67. The lowest BCUT2D eigenvalue weighted by molar-refractivity contribution is 0.843. The van der Waals surface area contributed by atoms with Crippen molar-refractivity contribution < 1.29 is 0 Å². The summed E-state index contributed by atoms with van der Waals surface area (Å²) in [6.45, 7) is 4.59. The molecule has 0 radical (unpaired) electrons. The molecule has 21 heavy (non-hydrogen) atoms. The summed E-state index contributed by atoms with van der Waals surface area (Å²) in [5.41, 5.74) is 2.43. The van der Waals surface area contributed by atoms with E-state index in [2.05, 4.69) is 58.0 Å². The van der Waals surface area contributed by atoms with Crippen molar-refractivity contribution in [3.05, 3.63) is 29.8 Å². The Balaban J connectivity index is 0.00000400. The van der Waals surface area contributed by atoms with E-state index < -0.39 is 0 Å². The Hall–Kier alpha value is -0.630. The minimum atomic E-state index is 0. The van der Waals surface area contributed by atoms with Gasteiger partial charge in [0, 0.05) is 38.6 Å². The first-order valence-electron chi connectivity index (χ1n) is 6.94. The van der Waals surface area contributed by atoms with Gasteiger partial charge in [0.2, 0.25) is 0 Å². The molecule has 0 fully saturated rings. The van der Waals surface area contributed by atoms with Gasteiger partial charge >= 0.3 is 0 Å². The smallest absolute Gasteiger partial charge is 0.191 e. The van der Waals surface area contributed by atoms with Crippen LogP contribution in [0.15, 0.2) is 29.3 Å². The monoisotopic (exact) mass is 422 g/mol. The fourth-order valence-corrected chi connectivity index (χ4v) is 1.99. The van der Waals surface area contributed by atoms with Gasteiger partial charge in [0.25, 0.3) is 0 Å². The fourth-order valence-electron chi connectivity index (χ4n) is 1.68. The van der Waals surface area contributed by atoms with Gasteiger partial charge in [-0.3, -0.25) is 0 Å². The highest BCUT2D eigenvalue weighted by molar-refractivity contribution is 14.0. The minimum absolute atomic E-state index is 0. The standard InChI is InChI=1S/C15H26N4S.HI/c1-5-16-15(17-10-11-20-4)18-12-13-6-8-14(9-7-13)19(2)3;/h6-9H,5,10-12H2,1-4H3,(H2,16,17,18);1H. The van der Waals surface area contributed by atoms with Crippen molar-refractivity contribution in [2.24, 2.45) is 4.99 Å². The number of anilines is 1. The second-order valence-corrected chi connectivity index (χ2v) is 5.66. The third-order valence-corrected chi connectivity index (χ3v) is 3.43. The Bertz CT molecular complexity index is 407. The van der Waals surface area contributed by atoms with Crippen LogP contribution >= 0.6 is 35.7 Å². The topological polar surface area (TPSA) is 39.7 Å². The SMILES string of the molecule is CCNC(=NCc1ccc(N(C)C)cc1)NCCSC.I. The predicted octanol–water partition coefficient (Wildman–Crippen LogP) is 2.79. The van der Waals surface area contributed by atoms with Crippen LogP contribution in [0, 0.1) is 0 Å². The molecule has 0 atom stereocenters. The zero-order valence-electron chi connectivity index (χ0n) is 13.3. The van der Waals surface area contributed by atoms with Crippen LogP contribution in [0.3, 0.4) is 0 Å². The molecule has 0 heterocycles. The van der Waals surface area contributed by atoms with Gasteiger partial charge in [0.05, 0.1) is 6.54 Å². The van der Waals surface area contributed by atoms with Gasteiger partial charge in [-0.05, 0) is 30.9 Å². The van der Waals surface area contributed by atoms with Gasteiger partial charge in [0.15, 0.2) is 5.96 Å². The van der Waals surface area contributed by atoms with Crippen molar-refractivity contribution in [3.8, 4) is 0 Å². The maximum absolute atomic E-state index is 4.60. The van der Waals surface area contributed by atoms with Crippen LogP contribution in [0.25, 0.3) is 0 Å². The molecule has 0 amide bonds. The van der Waals surface area contributed by atoms with E-state index in [-0.39, 0.29) is 24.0 Å². The lowest BCUT2D eigenvalue weighted by atomic mass is 10.2. The number of guanidine groups is 1. The molecule has 0 aliphatic carbocycles. The van der Waals surface area contributed by atoms with E-state index in [0.717, 1.165) is 24.8 Å². The molecular weight excluding hydrogens is 395 g/mol. The fraction of sp³-hybridized carbons (Fsp3) is 0.533. The maximum Gasteiger partial charge on any atom is 0.191 e. The van der Waals surface area contributed by atoms with E-state index in [4.69, 9.17) is 0 Å². The zero-order chi connectivity index (χ0) is 14.8. The molecule has 0 aliphatic heterocycles. The Morgan fingerprint density at radius 3 is 2.38 bits per heavy atom. The summed E-state index contributed by atoms with van der Waals surface area (Å²) in [7, 11) is 4.10. The molecule has 0 aromatic heterocycles. The van der Waals surface area contributed by atoms with Crippen LogP contribution in [0.4, 0.5) is 5.69 Å². The van der Waals surface area contributed by atoms with E-state index >= 15 is 0 Å². The van der Waals surface area contributed by atoms with Crippen molar-refractivity contribution in [1.82, 2.24) is 10.6 Å². The summed E-state index contributed by atoms with van der Waals surface area (Å²) in [5, 5.41) is 6.59. The van der Waals surface area contributed by atoms with Crippen LogP contribution in [-0.4, -0.2) is 45.2 Å². The van der Waals surface area contributed by atoms with Crippen LogP contribution in [0.5, 0.6) is 0 Å². The summed E-state index contributed by atoms with van der Waals surface area (Å²) in [5.74, 6) is 1.97. The Kier molecular flexibility index (Phi) is 11.6. The Morgan fingerprint density at radius 1 is 1.19 bits per heavy atom. The highest BCUT2D eigenvalue weighted by atomic mass is 127. The van der Waals surface area contributed by atoms with Crippen molar-refractivity contribution >= 4 is 47.4 Å². The number of nitrogens with zero attached hydrogens (tertiary/aromatic N) is 2. The van der Waals surface area contributed by atoms with E-state index in [1.165, 1.54) is 11.3 Å². The molecule has 1 aromatic rings. The molecule has 0 unspecified atom stereocenters. The quantitative estimate of drug-likeness (QED) is 0.307. The van der Waals surface area contributed by atoms with Gasteiger partial charge < -0.3 is 15.5 Å². The number of thioether (sulfide) groups is 1. The normalized spacial score (nSPS) is 10.8. The van der Waals surface area contributed by atoms with Crippen molar-refractivity contribution in [3.63, 3.8) is 0 Å². The van der Waals surface area contributed by atoms with Gasteiger partial charge in [-0.15, -0.1) is 24.0 Å². The van der Waals surface area contributed by atoms with Gasteiger partial charge in [-0.25, -0.2) is 4.99 Å². The molecule has 1 aromatic carbocycles. The van der Waals surface area contributed by atoms with Crippen molar-refractivity contribution in [1.29, 1.82) is 0 Å². The number of hydrogen-bond acceptors (Lipinski definition) is 3. The molecule has 120 valence electrons. The first-order valence-corrected chi connectivity index (χ1v) is 8.34. The van der Waals surface area contributed by atoms with Crippen LogP contribution in [0.2, 0.25) is 0 Å². The number of nitrogens with one attached hydrogen (secondary N) is 2. The highest BCUT2D eigenvalue weighted by Gasteiger charge is 1.98. The second kappa shape index (κ2) is 12.0. The lowest BCUT2D eigenvalue weighted by Crippen LogP contribution is -2.38. The molecule has 6 heteroatoms. The number of benzene rings is 1. The molecule has 0 bridgehead atoms. The molecular formula is C15H27IN4S. The highest BCUT2D eigenvalue weighted by Crippen LogP contribution is 2.12. The van der Waals surface area contributed by atoms with Gasteiger partial charge in [0.1, 0.15) is 0 Å². The van der Waals surface area contributed by atoms with Crippen molar-refractivity contribution in [2.45, 2.75) is 13.5 Å². The third kappa shape index (κ3) is 8.40. The first kappa shape index (κ1) is 20.4. The third-order valence-electron chi connectivity index (χ3n) is 2.82. The molecule has 4 nitrogen and oxygen atoms in total. The predicted molar refractivity (Wildman–Crippen MR) is 107 cm³/mol.